The number of carboxylic acid groups (broad SMARTS) is 1. The number of ether oxygens (including phenoxy) is 2. The summed E-state index contributed by atoms with van der Waals surface area (Å²) in [5, 5.41) is 23.4. The first-order chi connectivity index (χ1) is 12.2. The Morgan fingerprint density at radius 1 is 1.33 bits per heavy atom. The fraction of sp³-hybridized carbons (Fsp3) is 0.706. The van der Waals surface area contributed by atoms with Crippen LogP contribution in [0.3, 0.4) is 0 Å². The summed E-state index contributed by atoms with van der Waals surface area (Å²) in [4.78, 5) is 24.7. The molecule has 1 aliphatic heterocycles. The van der Waals surface area contributed by atoms with Crippen LogP contribution >= 0.6 is 0 Å². The molecule has 2 amide bonds. The number of rotatable bonds is 2. The third-order valence-corrected chi connectivity index (χ3v) is 3.74. The number of hydrogen-bond donors (Lipinski definition) is 2. The average molecular weight is 387 g/mol. The number of carbonyl (C=O) groups is 2. The fourth-order valence-electron chi connectivity index (χ4n) is 2.59. The summed E-state index contributed by atoms with van der Waals surface area (Å²) in [6.45, 7) is 9.88. The highest BCUT2D eigenvalue weighted by Gasteiger charge is 2.41. The maximum atomic E-state index is 14.2. The summed E-state index contributed by atoms with van der Waals surface area (Å²) in [5.74, 6) is -0.101. The van der Waals surface area contributed by atoms with Crippen LogP contribution in [-0.2, 0) is 15.0 Å². The molecule has 0 bridgehead atoms. The van der Waals surface area contributed by atoms with Crippen LogP contribution in [0.4, 0.5) is 19.8 Å². The normalized spacial score (nSPS) is 23.3. The van der Waals surface area contributed by atoms with E-state index in [1.807, 2.05) is 0 Å². The lowest BCUT2D eigenvalue weighted by molar-refractivity contribution is 0.0578. The largest absolute Gasteiger partial charge is 0.464 e. The van der Waals surface area contributed by atoms with Gasteiger partial charge in [-0.05, 0) is 41.5 Å². The van der Waals surface area contributed by atoms with Crippen LogP contribution in [0.15, 0.2) is 6.07 Å². The van der Waals surface area contributed by atoms with E-state index in [0.29, 0.717) is 4.90 Å². The first-order valence-corrected chi connectivity index (χ1v) is 8.52. The molecule has 0 aliphatic carbocycles. The minimum Gasteiger partial charge on any atom is -0.464 e. The number of amides is 2. The monoisotopic (exact) mass is 387 g/mol. The molecular formula is C17H26FN3O6. The summed E-state index contributed by atoms with van der Waals surface area (Å²) in [6.07, 6.45) is -6.82. The predicted molar refractivity (Wildman–Crippen MR) is 93.6 cm³/mol. The van der Waals surface area contributed by atoms with Crippen molar-refractivity contribution in [3.8, 4) is 0 Å². The summed E-state index contributed by atoms with van der Waals surface area (Å²) in [7, 11) is 0. The van der Waals surface area contributed by atoms with Crippen molar-refractivity contribution >= 4 is 18.0 Å². The first kappa shape index (κ1) is 21.1. The summed E-state index contributed by atoms with van der Waals surface area (Å²) in [5.41, 5.74) is -1.56. The first-order valence-electron chi connectivity index (χ1n) is 8.52. The van der Waals surface area contributed by atoms with Gasteiger partial charge >= 0.3 is 12.2 Å². The van der Waals surface area contributed by atoms with Gasteiger partial charge in [0.1, 0.15) is 23.6 Å². The zero-order chi connectivity index (χ0) is 20.7. The molecule has 2 N–H and O–H groups in total. The zero-order valence-electron chi connectivity index (χ0n) is 16.3. The Balaban J connectivity index is 2.52. The van der Waals surface area contributed by atoms with Crippen molar-refractivity contribution in [1.82, 2.24) is 9.78 Å². The molecule has 1 fully saturated rings. The van der Waals surface area contributed by atoms with Crippen LogP contribution in [-0.4, -0.2) is 56.7 Å². The number of aliphatic hydroxyl groups excluding tert-OH is 1. The Bertz CT molecular complexity index is 721. The quantitative estimate of drug-likeness (QED) is 0.802. The lowest BCUT2D eigenvalue weighted by Crippen LogP contribution is -2.42. The minimum atomic E-state index is -1.71. The van der Waals surface area contributed by atoms with Gasteiger partial charge < -0.3 is 19.7 Å². The summed E-state index contributed by atoms with van der Waals surface area (Å²) < 4.78 is 25.9. The number of nitrogens with zero attached hydrogens (tertiary/aromatic N) is 3. The van der Waals surface area contributed by atoms with Gasteiger partial charge in [0, 0.05) is 6.07 Å². The molecule has 0 unspecified atom stereocenters. The van der Waals surface area contributed by atoms with Gasteiger partial charge in [-0.25, -0.2) is 18.7 Å². The molecule has 2 rings (SSSR count). The van der Waals surface area contributed by atoms with Crippen LogP contribution in [0.25, 0.3) is 0 Å². The Morgan fingerprint density at radius 2 is 1.93 bits per heavy atom. The van der Waals surface area contributed by atoms with Crippen LogP contribution in [0, 0.1) is 0 Å². The lowest BCUT2D eigenvalue weighted by atomic mass is 10.1. The molecule has 0 saturated carbocycles. The van der Waals surface area contributed by atoms with E-state index in [2.05, 4.69) is 5.10 Å². The maximum Gasteiger partial charge on any atom is 0.425 e. The number of imide groups is 1. The Labute approximate surface area is 156 Å². The molecule has 152 valence electrons. The van der Waals surface area contributed by atoms with Crippen molar-refractivity contribution in [3.05, 3.63) is 11.8 Å². The molecule has 1 saturated heterocycles. The van der Waals surface area contributed by atoms with Crippen molar-refractivity contribution in [2.24, 2.45) is 0 Å². The molecule has 0 aromatic carbocycles. The van der Waals surface area contributed by atoms with Gasteiger partial charge in [-0.3, -0.25) is 0 Å². The van der Waals surface area contributed by atoms with E-state index in [1.165, 1.54) is 10.7 Å². The smallest absolute Gasteiger partial charge is 0.425 e. The van der Waals surface area contributed by atoms with Gasteiger partial charge in [-0.2, -0.15) is 10.00 Å². The van der Waals surface area contributed by atoms with Crippen molar-refractivity contribution in [1.29, 1.82) is 0 Å². The number of alkyl halides is 1. The molecule has 3 atom stereocenters. The van der Waals surface area contributed by atoms with Crippen LogP contribution in [0.1, 0.15) is 53.3 Å². The molecular weight excluding hydrogens is 361 g/mol. The van der Waals surface area contributed by atoms with E-state index in [4.69, 9.17) is 9.47 Å². The number of hydrogen-bond acceptors (Lipinski definition) is 6. The predicted octanol–water partition coefficient (Wildman–Crippen LogP) is 2.83. The van der Waals surface area contributed by atoms with Crippen LogP contribution in [0.2, 0.25) is 0 Å². The van der Waals surface area contributed by atoms with Crippen molar-refractivity contribution in [2.45, 2.75) is 71.1 Å². The molecule has 1 aromatic rings. The lowest BCUT2D eigenvalue weighted by Gasteiger charge is -2.28. The SMILES string of the molecule is CC(C)(C)OC(=O)N(C(=O)O)c1cc([C@H]2OC[C@H](O)[C@H]2F)nn1C(C)(C)C. The fourth-order valence-corrected chi connectivity index (χ4v) is 2.59. The van der Waals surface area contributed by atoms with Gasteiger partial charge in [0.05, 0.1) is 17.8 Å². The number of anilines is 1. The molecule has 27 heavy (non-hydrogen) atoms. The molecule has 0 spiro atoms. The third kappa shape index (κ3) is 4.56. The number of halogens is 1. The van der Waals surface area contributed by atoms with E-state index in [1.54, 1.807) is 41.5 Å². The maximum absolute atomic E-state index is 14.2. The van der Waals surface area contributed by atoms with E-state index >= 15 is 0 Å². The minimum absolute atomic E-state index is 0.0822. The standard InChI is InChI=1S/C17H26FN3O6/c1-16(2,3)21-11(20(14(23)24)15(25)27-17(4,5)6)7-9(19-21)13-12(18)10(22)8-26-13/h7,10,12-13,22H,8H2,1-6H3,(H,23,24)/t10-,12+,13+/m0/s1. The second kappa shape index (κ2) is 7.08. The van der Waals surface area contributed by atoms with Crippen molar-refractivity contribution in [3.63, 3.8) is 0 Å². The van der Waals surface area contributed by atoms with Gasteiger partial charge in [0.25, 0.3) is 0 Å². The van der Waals surface area contributed by atoms with Gasteiger partial charge in [0.15, 0.2) is 6.17 Å². The number of aliphatic hydroxyl groups is 1. The topological polar surface area (TPSA) is 114 Å². The second-order valence-electron chi connectivity index (χ2n) is 8.37. The van der Waals surface area contributed by atoms with Gasteiger partial charge in [-0.15, -0.1) is 0 Å². The number of aromatic nitrogens is 2. The van der Waals surface area contributed by atoms with Gasteiger partial charge in [-0.1, -0.05) is 0 Å². The third-order valence-electron chi connectivity index (χ3n) is 3.74. The number of carbonyl (C=O) groups excluding carboxylic acids is 1. The Kier molecular flexibility index (Phi) is 5.53. The van der Waals surface area contributed by atoms with Crippen molar-refractivity contribution < 1.29 is 33.7 Å². The van der Waals surface area contributed by atoms with Crippen LogP contribution < -0.4 is 4.90 Å². The summed E-state index contributed by atoms with van der Waals surface area (Å²) >= 11 is 0. The summed E-state index contributed by atoms with van der Waals surface area (Å²) in [6, 6.07) is 1.26. The van der Waals surface area contributed by atoms with E-state index in [0.717, 1.165) is 0 Å². The average Bonchev–Trinajstić information content (AvgIpc) is 3.01. The van der Waals surface area contributed by atoms with Crippen LogP contribution in [0.5, 0.6) is 0 Å². The highest BCUT2D eigenvalue weighted by Crippen LogP contribution is 2.35. The molecule has 1 aromatic heterocycles. The Morgan fingerprint density at radius 3 is 2.33 bits per heavy atom. The molecule has 1 aliphatic rings. The molecule has 0 radical (unpaired) electrons. The Hall–Kier alpha value is -2.20. The van der Waals surface area contributed by atoms with E-state index in [-0.39, 0.29) is 18.1 Å². The highest BCUT2D eigenvalue weighted by atomic mass is 19.1. The van der Waals surface area contributed by atoms with Crippen molar-refractivity contribution in [2.75, 3.05) is 11.5 Å². The van der Waals surface area contributed by atoms with E-state index in [9.17, 15) is 24.2 Å². The highest BCUT2D eigenvalue weighted by molar-refractivity contribution is 6.08. The molecule has 2 heterocycles. The molecule has 10 heteroatoms. The van der Waals surface area contributed by atoms with Gasteiger partial charge in [0.2, 0.25) is 0 Å². The van der Waals surface area contributed by atoms with E-state index < -0.39 is 41.7 Å². The molecule has 9 nitrogen and oxygen atoms in total. The zero-order valence-corrected chi connectivity index (χ0v) is 16.3. The second-order valence-corrected chi connectivity index (χ2v) is 8.37.